The van der Waals surface area contributed by atoms with Crippen LogP contribution in [0, 0.1) is 5.92 Å². The Morgan fingerprint density at radius 1 is 1.05 bits per heavy atom. The van der Waals surface area contributed by atoms with E-state index in [-0.39, 0.29) is 12.8 Å². The van der Waals surface area contributed by atoms with E-state index in [9.17, 15) is 4.79 Å². The summed E-state index contributed by atoms with van der Waals surface area (Å²) in [6, 6.07) is 5.86. The number of nitrogens with zero attached hydrogens (tertiary/aromatic N) is 2. The van der Waals surface area contributed by atoms with E-state index in [0.717, 1.165) is 36.8 Å². The maximum Gasteiger partial charge on any atom is 0.324 e. The number of urea groups is 1. The third kappa shape index (κ3) is 2.49. The average molecular weight is 302 g/mol. The second-order valence-corrected chi connectivity index (χ2v) is 6.42. The zero-order chi connectivity index (χ0) is 14.9. The molecule has 2 amide bonds. The van der Waals surface area contributed by atoms with E-state index in [4.69, 9.17) is 9.47 Å². The van der Waals surface area contributed by atoms with Crippen LogP contribution in [-0.2, 0) is 0 Å². The molecule has 0 atom stereocenters. The van der Waals surface area contributed by atoms with Crippen molar-refractivity contribution in [1.82, 2.24) is 4.90 Å². The largest absolute Gasteiger partial charge is 0.454 e. The van der Waals surface area contributed by atoms with Crippen molar-refractivity contribution < 1.29 is 14.3 Å². The van der Waals surface area contributed by atoms with Crippen molar-refractivity contribution in [1.29, 1.82) is 0 Å². The molecule has 0 bridgehead atoms. The second-order valence-electron chi connectivity index (χ2n) is 6.42. The van der Waals surface area contributed by atoms with Crippen LogP contribution < -0.4 is 14.4 Å². The smallest absolute Gasteiger partial charge is 0.324 e. The summed E-state index contributed by atoms with van der Waals surface area (Å²) in [5.41, 5.74) is 0.903. The minimum atomic E-state index is 0.129. The number of ether oxygens (including phenoxy) is 2. The highest BCUT2D eigenvalue weighted by atomic mass is 16.7. The number of anilines is 1. The van der Waals surface area contributed by atoms with Gasteiger partial charge in [0.25, 0.3) is 0 Å². The molecule has 1 saturated heterocycles. The predicted octanol–water partition coefficient (Wildman–Crippen LogP) is 3.24. The maximum atomic E-state index is 12.7. The van der Waals surface area contributed by atoms with Crippen molar-refractivity contribution in [2.24, 2.45) is 5.92 Å². The van der Waals surface area contributed by atoms with Gasteiger partial charge in [0.1, 0.15) is 0 Å². The minimum absolute atomic E-state index is 0.129. The van der Waals surface area contributed by atoms with Crippen molar-refractivity contribution in [3.05, 3.63) is 18.2 Å². The first-order chi connectivity index (χ1) is 10.8. The maximum absolute atomic E-state index is 12.7. The van der Waals surface area contributed by atoms with Gasteiger partial charge in [-0.3, -0.25) is 4.90 Å². The lowest BCUT2D eigenvalue weighted by Gasteiger charge is -2.26. The predicted molar refractivity (Wildman–Crippen MR) is 83.5 cm³/mol. The summed E-state index contributed by atoms with van der Waals surface area (Å²) in [6.07, 6.45) is 6.53. The lowest BCUT2D eigenvalue weighted by atomic mass is 9.89. The topological polar surface area (TPSA) is 42.0 Å². The molecule has 22 heavy (non-hydrogen) atoms. The quantitative estimate of drug-likeness (QED) is 0.861. The molecule has 5 heteroatoms. The van der Waals surface area contributed by atoms with Gasteiger partial charge in [-0.25, -0.2) is 4.79 Å². The van der Waals surface area contributed by atoms with Crippen molar-refractivity contribution in [2.45, 2.75) is 32.1 Å². The van der Waals surface area contributed by atoms with Crippen LogP contribution in [0.3, 0.4) is 0 Å². The number of rotatable bonds is 3. The first-order valence-corrected chi connectivity index (χ1v) is 8.27. The highest BCUT2D eigenvalue weighted by Gasteiger charge is 2.32. The van der Waals surface area contributed by atoms with Crippen LogP contribution >= 0.6 is 0 Å². The molecule has 0 N–H and O–H groups in total. The molecule has 1 saturated carbocycles. The van der Waals surface area contributed by atoms with Gasteiger partial charge in [0, 0.05) is 31.4 Å². The van der Waals surface area contributed by atoms with Crippen LogP contribution in [0.1, 0.15) is 32.1 Å². The van der Waals surface area contributed by atoms with Crippen LogP contribution in [0.4, 0.5) is 10.5 Å². The number of carbonyl (C=O) groups excluding carboxylic acids is 1. The molecule has 2 heterocycles. The first kappa shape index (κ1) is 13.7. The standard InChI is InChI=1S/C17H22N2O3/c20-17-18(11-13-4-2-1-3-5-13)8-9-19(17)14-6-7-15-16(10-14)22-12-21-15/h6-7,10,13H,1-5,8-9,11-12H2. The zero-order valence-electron chi connectivity index (χ0n) is 12.8. The zero-order valence-corrected chi connectivity index (χ0v) is 12.8. The Kier molecular flexibility index (Phi) is 3.56. The Labute approximate surface area is 130 Å². The van der Waals surface area contributed by atoms with E-state index in [2.05, 4.69) is 0 Å². The Balaban J connectivity index is 1.44. The molecule has 0 aromatic heterocycles. The van der Waals surface area contributed by atoms with Gasteiger partial charge in [0.2, 0.25) is 6.79 Å². The number of amides is 2. The highest BCUT2D eigenvalue weighted by molar-refractivity contribution is 5.94. The fraction of sp³-hybridized carbons (Fsp3) is 0.588. The molecule has 5 nitrogen and oxygen atoms in total. The van der Waals surface area contributed by atoms with Gasteiger partial charge < -0.3 is 14.4 Å². The summed E-state index contributed by atoms with van der Waals surface area (Å²) in [5.74, 6) is 2.18. The van der Waals surface area contributed by atoms with Crippen molar-refractivity contribution in [3.63, 3.8) is 0 Å². The van der Waals surface area contributed by atoms with Gasteiger partial charge >= 0.3 is 6.03 Å². The van der Waals surface area contributed by atoms with Crippen molar-refractivity contribution in [2.75, 3.05) is 31.3 Å². The Morgan fingerprint density at radius 3 is 2.73 bits per heavy atom. The molecule has 0 unspecified atom stereocenters. The lowest BCUT2D eigenvalue weighted by Crippen LogP contribution is -2.35. The molecule has 118 valence electrons. The van der Waals surface area contributed by atoms with E-state index in [1.54, 1.807) is 0 Å². The summed E-state index contributed by atoms with van der Waals surface area (Å²) < 4.78 is 10.7. The normalized spacial score (nSPS) is 21.7. The molecule has 1 aromatic carbocycles. The molecule has 3 aliphatic rings. The van der Waals surface area contributed by atoms with Crippen molar-refractivity contribution in [3.8, 4) is 11.5 Å². The lowest BCUT2D eigenvalue weighted by molar-refractivity contribution is 0.174. The number of fused-ring (bicyclic) bond motifs is 1. The SMILES string of the molecule is O=C1N(CC2CCCCC2)CCN1c1ccc2c(c1)OCO2. The van der Waals surface area contributed by atoms with Crippen LogP contribution in [-0.4, -0.2) is 37.4 Å². The molecule has 2 fully saturated rings. The Bertz CT molecular complexity index is 569. The van der Waals surface area contributed by atoms with E-state index >= 15 is 0 Å². The number of hydrogen-bond donors (Lipinski definition) is 0. The summed E-state index contributed by atoms with van der Waals surface area (Å²) in [5, 5.41) is 0. The summed E-state index contributed by atoms with van der Waals surface area (Å²) in [4.78, 5) is 16.5. The van der Waals surface area contributed by atoms with E-state index < -0.39 is 0 Å². The third-order valence-corrected chi connectivity index (χ3v) is 4.97. The van der Waals surface area contributed by atoms with Crippen LogP contribution in [0.5, 0.6) is 11.5 Å². The summed E-state index contributed by atoms with van der Waals surface area (Å²) in [6.45, 7) is 2.76. The molecule has 4 rings (SSSR count). The van der Waals surface area contributed by atoms with Crippen LogP contribution in [0.15, 0.2) is 18.2 Å². The fourth-order valence-corrected chi connectivity index (χ4v) is 3.73. The Morgan fingerprint density at radius 2 is 1.86 bits per heavy atom. The number of carbonyl (C=O) groups is 1. The molecular weight excluding hydrogens is 280 g/mol. The highest BCUT2D eigenvalue weighted by Crippen LogP contribution is 2.36. The van der Waals surface area contributed by atoms with Crippen LogP contribution in [0.25, 0.3) is 0 Å². The molecule has 0 spiro atoms. The minimum Gasteiger partial charge on any atom is -0.454 e. The Hall–Kier alpha value is -1.91. The molecular formula is C17H22N2O3. The fourth-order valence-electron chi connectivity index (χ4n) is 3.73. The van der Waals surface area contributed by atoms with E-state index in [1.165, 1.54) is 32.1 Å². The molecule has 0 radical (unpaired) electrons. The van der Waals surface area contributed by atoms with Gasteiger partial charge in [0.15, 0.2) is 11.5 Å². The monoisotopic (exact) mass is 302 g/mol. The number of benzene rings is 1. The van der Waals surface area contributed by atoms with Gasteiger partial charge in [-0.2, -0.15) is 0 Å². The average Bonchev–Trinajstić information content (AvgIpc) is 3.15. The molecule has 1 aromatic rings. The van der Waals surface area contributed by atoms with Gasteiger partial charge in [0.05, 0.1) is 0 Å². The first-order valence-electron chi connectivity index (χ1n) is 8.27. The van der Waals surface area contributed by atoms with E-state index in [0.29, 0.717) is 5.92 Å². The molecule has 1 aliphatic carbocycles. The van der Waals surface area contributed by atoms with Crippen molar-refractivity contribution >= 4 is 11.7 Å². The third-order valence-electron chi connectivity index (χ3n) is 4.97. The van der Waals surface area contributed by atoms with Gasteiger partial charge in [-0.1, -0.05) is 19.3 Å². The van der Waals surface area contributed by atoms with E-state index in [1.807, 2.05) is 28.0 Å². The van der Waals surface area contributed by atoms with Gasteiger partial charge in [-0.15, -0.1) is 0 Å². The number of hydrogen-bond acceptors (Lipinski definition) is 3. The van der Waals surface area contributed by atoms with Gasteiger partial charge in [-0.05, 0) is 30.9 Å². The second kappa shape index (κ2) is 5.71. The van der Waals surface area contributed by atoms with Crippen LogP contribution in [0.2, 0.25) is 0 Å². The molecule has 2 aliphatic heterocycles. The summed E-state index contributed by atoms with van der Waals surface area (Å²) in [7, 11) is 0. The summed E-state index contributed by atoms with van der Waals surface area (Å²) >= 11 is 0.